The summed E-state index contributed by atoms with van der Waals surface area (Å²) in [6.07, 6.45) is 2.40. The molecule has 0 saturated carbocycles. The molecule has 0 amide bonds. The molecule has 2 heterocycles. The second-order valence-corrected chi connectivity index (χ2v) is 5.73. The molecule has 4 nitrogen and oxygen atoms in total. The highest BCUT2D eigenvalue weighted by atomic mass is 16.4. The van der Waals surface area contributed by atoms with E-state index in [9.17, 15) is 9.90 Å². The van der Waals surface area contributed by atoms with Crippen molar-refractivity contribution in [2.75, 3.05) is 13.1 Å². The van der Waals surface area contributed by atoms with Gasteiger partial charge in [0.2, 0.25) is 0 Å². The molecule has 20 heavy (non-hydrogen) atoms. The minimum atomic E-state index is -0.330. The Hall–Kier alpha value is -1.81. The molecule has 1 aromatic heterocycles. The Labute approximate surface area is 117 Å². The summed E-state index contributed by atoms with van der Waals surface area (Å²) in [5.74, 6) is 0.979. The molecule has 0 aliphatic carbocycles. The first-order valence-corrected chi connectivity index (χ1v) is 7.10. The summed E-state index contributed by atoms with van der Waals surface area (Å²) in [7, 11) is 0. The molecular weight excluding hydrogens is 254 g/mol. The van der Waals surface area contributed by atoms with Crippen molar-refractivity contribution in [3.63, 3.8) is 0 Å². The Bertz CT molecular complexity index is 669. The minimum Gasteiger partial charge on any atom is -0.508 e. The SMILES string of the molecule is CC1CCN(Cc2cc(=O)oc3ccc(O)cc23)CC1. The van der Waals surface area contributed by atoms with Crippen LogP contribution in [-0.4, -0.2) is 23.1 Å². The molecular formula is C16H19NO3. The van der Waals surface area contributed by atoms with Crippen molar-refractivity contribution < 1.29 is 9.52 Å². The topological polar surface area (TPSA) is 53.7 Å². The zero-order valence-electron chi connectivity index (χ0n) is 11.6. The summed E-state index contributed by atoms with van der Waals surface area (Å²) in [4.78, 5) is 14.0. The highest BCUT2D eigenvalue weighted by molar-refractivity contribution is 5.81. The average molecular weight is 273 g/mol. The number of benzene rings is 1. The van der Waals surface area contributed by atoms with Crippen molar-refractivity contribution >= 4 is 11.0 Å². The van der Waals surface area contributed by atoms with Gasteiger partial charge in [-0.1, -0.05) is 6.92 Å². The monoisotopic (exact) mass is 273 g/mol. The van der Waals surface area contributed by atoms with Crippen LogP contribution in [0, 0.1) is 5.92 Å². The van der Waals surface area contributed by atoms with E-state index in [0.717, 1.165) is 36.5 Å². The fourth-order valence-electron chi connectivity index (χ4n) is 2.81. The van der Waals surface area contributed by atoms with E-state index >= 15 is 0 Å². The normalized spacial score (nSPS) is 17.6. The fourth-order valence-corrected chi connectivity index (χ4v) is 2.81. The summed E-state index contributed by atoms with van der Waals surface area (Å²) in [5.41, 5.74) is 1.14. The molecule has 2 aromatic rings. The van der Waals surface area contributed by atoms with Gasteiger partial charge in [0.1, 0.15) is 11.3 Å². The van der Waals surface area contributed by atoms with Gasteiger partial charge in [-0.15, -0.1) is 0 Å². The van der Waals surface area contributed by atoms with Crippen molar-refractivity contribution in [3.05, 3.63) is 40.2 Å². The number of phenols is 1. The van der Waals surface area contributed by atoms with Crippen LogP contribution in [0.2, 0.25) is 0 Å². The molecule has 0 spiro atoms. The van der Waals surface area contributed by atoms with Gasteiger partial charge in [-0.3, -0.25) is 4.90 Å². The molecule has 0 unspecified atom stereocenters. The maximum Gasteiger partial charge on any atom is 0.336 e. The summed E-state index contributed by atoms with van der Waals surface area (Å²) in [6, 6.07) is 6.39. The van der Waals surface area contributed by atoms with Gasteiger partial charge >= 0.3 is 5.63 Å². The number of fused-ring (bicyclic) bond motifs is 1. The number of nitrogens with zero attached hydrogens (tertiary/aromatic N) is 1. The molecule has 1 aliphatic heterocycles. The van der Waals surface area contributed by atoms with Gasteiger partial charge in [0.25, 0.3) is 0 Å². The second-order valence-electron chi connectivity index (χ2n) is 5.73. The van der Waals surface area contributed by atoms with Gasteiger partial charge in [0.05, 0.1) is 0 Å². The van der Waals surface area contributed by atoms with Gasteiger partial charge < -0.3 is 9.52 Å². The molecule has 0 atom stereocenters. The van der Waals surface area contributed by atoms with Crippen LogP contribution in [0.3, 0.4) is 0 Å². The van der Waals surface area contributed by atoms with Crippen LogP contribution in [0.4, 0.5) is 0 Å². The predicted octanol–water partition coefficient (Wildman–Crippen LogP) is 2.73. The molecule has 1 aliphatic rings. The van der Waals surface area contributed by atoms with Crippen LogP contribution in [0.25, 0.3) is 11.0 Å². The first-order valence-electron chi connectivity index (χ1n) is 7.10. The molecule has 1 fully saturated rings. The molecule has 0 radical (unpaired) electrons. The summed E-state index contributed by atoms with van der Waals surface area (Å²) >= 11 is 0. The minimum absolute atomic E-state index is 0.194. The third-order valence-electron chi connectivity index (χ3n) is 4.08. The fraction of sp³-hybridized carbons (Fsp3) is 0.438. The molecule has 1 aromatic carbocycles. The number of likely N-dealkylation sites (tertiary alicyclic amines) is 1. The van der Waals surface area contributed by atoms with E-state index in [0.29, 0.717) is 5.58 Å². The van der Waals surface area contributed by atoms with Crippen LogP contribution >= 0.6 is 0 Å². The lowest BCUT2D eigenvalue weighted by atomic mass is 9.98. The maximum atomic E-state index is 11.6. The van der Waals surface area contributed by atoms with Gasteiger partial charge in [0, 0.05) is 18.0 Å². The first-order chi connectivity index (χ1) is 9.61. The second kappa shape index (κ2) is 5.29. The van der Waals surface area contributed by atoms with E-state index in [1.54, 1.807) is 18.2 Å². The van der Waals surface area contributed by atoms with E-state index in [4.69, 9.17) is 4.42 Å². The Kier molecular flexibility index (Phi) is 3.49. The van der Waals surface area contributed by atoms with Gasteiger partial charge in [-0.25, -0.2) is 4.79 Å². The molecule has 3 rings (SSSR count). The van der Waals surface area contributed by atoms with E-state index in [1.807, 2.05) is 0 Å². The van der Waals surface area contributed by atoms with Crippen molar-refractivity contribution in [2.45, 2.75) is 26.3 Å². The van der Waals surface area contributed by atoms with Crippen LogP contribution in [-0.2, 0) is 6.54 Å². The smallest absolute Gasteiger partial charge is 0.336 e. The number of hydrogen-bond donors (Lipinski definition) is 1. The van der Waals surface area contributed by atoms with Crippen LogP contribution in [0.1, 0.15) is 25.3 Å². The van der Waals surface area contributed by atoms with Gasteiger partial charge in [0.15, 0.2) is 0 Å². The predicted molar refractivity (Wildman–Crippen MR) is 77.8 cm³/mol. The van der Waals surface area contributed by atoms with Crippen LogP contribution < -0.4 is 5.63 Å². The van der Waals surface area contributed by atoms with Crippen molar-refractivity contribution in [1.82, 2.24) is 4.90 Å². The Morgan fingerprint density at radius 2 is 2.05 bits per heavy atom. The number of phenolic OH excluding ortho intramolecular Hbond substituents is 1. The van der Waals surface area contributed by atoms with E-state index < -0.39 is 0 Å². The van der Waals surface area contributed by atoms with Gasteiger partial charge in [-0.05, 0) is 55.6 Å². The third-order valence-corrected chi connectivity index (χ3v) is 4.08. The maximum absolute atomic E-state index is 11.6. The lowest BCUT2D eigenvalue weighted by Crippen LogP contribution is -2.32. The summed E-state index contributed by atoms with van der Waals surface area (Å²) < 4.78 is 5.18. The van der Waals surface area contributed by atoms with E-state index in [2.05, 4.69) is 11.8 Å². The zero-order valence-corrected chi connectivity index (χ0v) is 11.6. The van der Waals surface area contributed by atoms with E-state index in [-0.39, 0.29) is 11.4 Å². The lowest BCUT2D eigenvalue weighted by Gasteiger charge is -2.30. The molecule has 0 bridgehead atoms. The van der Waals surface area contributed by atoms with Crippen molar-refractivity contribution in [1.29, 1.82) is 0 Å². The molecule has 1 saturated heterocycles. The molecule has 106 valence electrons. The highest BCUT2D eigenvalue weighted by Gasteiger charge is 2.17. The van der Waals surface area contributed by atoms with Crippen molar-refractivity contribution in [2.24, 2.45) is 5.92 Å². The van der Waals surface area contributed by atoms with E-state index in [1.165, 1.54) is 18.9 Å². The Balaban J connectivity index is 1.94. The summed E-state index contributed by atoms with van der Waals surface area (Å²) in [5, 5.41) is 10.5. The zero-order chi connectivity index (χ0) is 14.1. The number of rotatable bonds is 2. The highest BCUT2D eigenvalue weighted by Crippen LogP contribution is 2.24. The van der Waals surface area contributed by atoms with Gasteiger partial charge in [-0.2, -0.15) is 0 Å². The number of piperidine rings is 1. The quantitative estimate of drug-likeness (QED) is 0.855. The Morgan fingerprint density at radius 3 is 2.80 bits per heavy atom. The molecule has 4 heteroatoms. The standard InChI is InChI=1S/C16H19NO3/c1-11-4-6-17(7-5-11)10-12-8-16(19)20-15-3-2-13(18)9-14(12)15/h2-3,8-9,11,18H,4-7,10H2,1H3. The first kappa shape index (κ1) is 13.2. The average Bonchev–Trinajstić information content (AvgIpc) is 2.42. The number of aromatic hydroxyl groups is 1. The largest absolute Gasteiger partial charge is 0.508 e. The third kappa shape index (κ3) is 2.70. The lowest BCUT2D eigenvalue weighted by molar-refractivity contribution is 0.185. The molecule has 1 N–H and O–H groups in total. The summed E-state index contributed by atoms with van der Waals surface area (Å²) in [6.45, 7) is 5.13. The number of hydrogen-bond acceptors (Lipinski definition) is 4. The van der Waals surface area contributed by atoms with Crippen LogP contribution in [0.15, 0.2) is 33.5 Å². The van der Waals surface area contributed by atoms with Crippen molar-refractivity contribution in [3.8, 4) is 5.75 Å². The Morgan fingerprint density at radius 1 is 1.30 bits per heavy atom. The van der Waals surface area contributed by atoms with Crippen LogP contribution in [0.5, 0.6) is 5.75 Å².